The van der Waals surface area contributed by atoms with Crippen LogP contribution in [0.25, 0.3) is 0 Å². The van der Waals surface area contributed by atoms with Gasteiger partial charge in [0.1, 0.15) is 0 Å². The van der Waals surface area contributed by atoms with E-state index in [0.29, 0.717) is 13.1 Å². The standard InChI is InChI=1S/C15H21N3O4/c1-10-8-16(9-11(2)17(10)12(3)19)13-5-6-14(18(20)21)15(7-13)22-4/h5-7,10-11H,8-9H2,1-4H3. The zero-order chi connectivity index (χ0) is 16.4. The number of anilines is 1. The summed E-state index contributed by atoms with van der Waals surface area (Å²) in [5.74, 6) is 0.317. The first-order valence-corrected chi connectivity index (χ1v) is 7.21. The number of methoxy groups -OCH3 is 1. The summed E-state index contributed by atoms with van der Waals surface area (Å²) in [5.41, 5.74) is 0.819. The van der Waals surface area contributed by atoms with Gasteiger partial charge < -0.3 is 14.5 Å². The molecule has 0 radical (unpaired) electrons. The molecule has 1 amide bonds. The van der Waals surface area contributed by atoms with Gasteiger partial charge in [0.2, 0.25) is 5.91 Å². The molecule has 1 aliphatic heterocycles. The lowest BCUT2D eigenvalue weighted by atomic mass is 10.1. The normalized spacial score (nSPS) is 21.6. The minimum absolute atomic E-state index is 0.0466. The predicted octanol–water partition coefficient (Wildman–Crippen LogP) is 2.05. The molecule has 0 aromatic heterocycles. The topological polar surface area (TPSA) is 75.9 Å². The summed E-state index contributed by atoms with van der Waals surface area (Å²) in [5, 5.41) is 11.0. The highest BCUT2D eigenvalue weighted by Crippen LogP contribution is 2.32. The third-order valence-corrected chi connectivity index (χ3v) is 4.01. The predicted molar refractivity (Wildman–Crippen MR) is 83.3 cm³/mol. The maximum Gasteiger partial charge on any atom is 0.311 e. The summed E-state index contributed by atoms with van der Waals surface area (Å²) in [6, 6.07) is 5.04. The highest BCUT2D eigenvalue weighted by Gasteiger charge is 2.31. The average molecular weight is 307 g/mol. The summed E-state index contributed by atoms with van der Waals surface area (Å²) in [6.45, 7) is 6.96. The van der Waals surface area contributed by atoms with Gasteiger partial charge in [-0.05, 0) is 19.9 Å². The molecular formula is C15H21N3O4. The van der Waals surface area contributed by atoms with Crippen LogP contribution in [-0.4, -0.2) is 48.0 Å². The Morgan fingerprint density at radius 1 is 1.32 bits per heavy atom. The number of nitrogens with zero attached hydrogens (tertiary/aromatic N) is 3. The van der Waals surface area contributed by atoms with Gasteiger partial charge in [0.15, 0.2) is 5.75 Å². The van der Waals surface area contributed by atoms with E-state index in [1.54, 1.807) is 19.1 Å². The molecule has 2 unspecified atom stereocenters. The number of rotatable bonds is 3. The van der Waals surface area contributed by atoms with Gasteiger partial charge in [-0.15, -0.1) is 0 Å². The number of hydrogen-bond donors (Lipinski definition) is 0. The van der Waals surface area contributed by atoms with Crippen molar-refractivity contribution in [2.24, 2.45) is 0 Å². The van der Waals surface area contributed by atoms with E-state index < -0.39 is 4.92 Å². The average Bonchev–Trinajstić information content (AvgIpc) is 2.45. The molecule has 0 N–H and O–H groups in total. The van der Waals surface area contributed by atoms with Crippen molar-refractivity contribution in [2.75, 3.05) is 25.1 Å². The molecule has 0 bridgehead atoms. The van der Waals surface area contributed by atoms with Crippen LogP contribution in [0.15, 0.2) is 18.2 Å². The van der Waals surface area contributed by atoms with E-state index in [1.807, 2.05) is 18.7 Å². The first-order chi connectivity index (χ1) is 10.3. The van der Waals surface area contributed by atoms with Crippen molar-refractivity contribution in [2.45, 2.75) is 32.9 Å². The van der Waals surface area contributed by atoms with Crippen molar-refractivity contribution in [3.05, 3.63) is 28.3 Å². The lowest BCUT2D eigenvalue weighted by molar-refractivity contribution is -0.385. The summed E-state index contributed by atoms with van der Waals surface area (Å²) < 4.78 is 5.12. The molecule has 2 atom stereocenters. The van der Waals surface area contributed by atoms with Crippen LogP contribution < -0.4 is 9.64 Å². The van der Waals surface area contributed by atoms with Crippen molar-refractivity contribution in [1.29, 1.82) is 0 Å². The van der Waals surface area contributed by atoms with Crippen LogP contribution in [0.4, 0.5) is 11.4 Å². The summed E-state index contributed by atoms with van der Waals surface area (Å²) >= 11 is 0. The molecule has 0 spiro atoms. The molecule has 0 saturated carbocycles. The van der Waals surface area contributed by atoms with E-state index in [-0.39, 0.29) is 29.4 Å². The monoisotopic (exact) mass is 307 g/mol. The first-order valence-electron chi connectivity index (χ1n) is 7.21. The fraction of sp³-hybridized carbons (Fsp3) is 0.533. The van der Waals surface area contributed by atoms with Gasteiger partial charge in [-0.2, -0.15) is 0 Å². The fourth-order valence-corrected chi connectivity index (χ4v) is 3.17. The van der Waals surface area contributed by atoms with E-state index in [9.17, 15) is 14.9 Å². The third kappa shape index (κ3) is 2.98. The Morgan fingerprint density at radius 3 is 2.36 bits per heavy atom. The van der Waals surface area contributed by atoms with E-state index >= 15 is 0 Å². The molecule has 1 heterocycles. The van der Waals surface area contributed by atoms with Gasteiger partial charge >= 0.3 is 5.69 Å². The number of carbonyl (C=O) groups is 1. The Hall–Kier alpha value is -2.31. The Morgan fingerprint density at radius 2 is 1.91 bits per heavy atom. The van der Waals surface area contributed by atoms with Crippen LogP contribution in [0, 0.1) is 10.1 Å². The molecule has 7 nitrogen and oxygen atoms in total. The second-order valence-corrected chi connectivity index (χ2v) is 5.64. The van der Waals surface area contributed by atoms with E-state index in [2.05, 4.69) is 4.90 Å². The second kappa shape index (κ2) is 6.21. The lowest BCUT2D eigenvalue weighted by Gasteiger charge is -2.45. The number of carbonyl (C=O) groups excluding carboxylic acids is 1. The first kappa shape index (κ1) is 16.1. The minimum Gasteiger partial charge on any atom is -0.490 e. The fourth-order valence-electron chi connectivity index (χ4n) is 3.17. The van der Waals surface area contributed by atoms with Gasteiger partial charge in [0.05, 0.1) is 12.0 Å². The van der Waals surface area contributed by atoms with Crippen LogP contribution in [-0.2, 0) is 4.79 Å². The quantitative estimate of drug-likeness (QED) is 0.631. The summed E-state index contributed by atoms with van der Waals surface area (Å²) in [6.07, 6.45) is 0. The SMILES string of the molecule is COc1cc(N2CC(C)N(C(C)=O)C(C)C2)ccc1[N+](=O)[O-]. The highest BCUT2D eigenvalue weighted by molar-refractivity contribution is 5.74. The van der Waals surface area contributed by atoms with Crippen molar-refractivity contribution in [1.82, 2.24) is 4.90 Å². The lowest BCUT2D eigenvalue weighted by Crippen LogP contribution is -2.58. The molecule has 0 aliphatic carbocycles. The van der Waals surface area contributed by atoms with Crippen LogP contribution in [0.3, 0.4) is 0 Å². The van der Waals surface area contributed by atoms with Crippen molar-refractivity contribution < 1.29 is 14.5 Å². The number of nitro groups is 1. The van der Waals surface area contributed by atoms with Gasteiger partial charge in [-0.1, -0.05) is 0 Å². The number of benzene rings is 1. The molecule has 1 aromatic rings. The molecule has 1 aromatic carbocycles. The molecule has 22 heavy (non-hydrogen) atoms. The Kier molecular flexibility index (Phi) is 4.54. The molecular weight excluding hydrogens is 286 g/mol. The van der Waals surface area contributed by atoms with Crippen molar-refractivity contribution in [3.63, 3.8) is 0 Å². The molecule has 1 aliphatic rings. The van der Waals surface area contributed by atoms with Crippen LogP contribution in [0.1, 0.15) is 20.8 Å². The van der Waals surface area contributed by atoms with E-state index in [4.69, 9.17) is 4.74 Å². The van der Waals surface area contributed by atoms with Crippen molar-refractivity contribution in [3.8, 4) is 5.75 Å². The highest BCUT2D eigenvalue weighted by atomic mass is 16.6. The number of nitro benzene ring substituents is 1. The summed E-state index contributed by atoms with van der Waals surface area (Å²) in [4.78, 5) is 26.2. The zero-order valence-corrected chi connectivity index (χ0v) is 13.3. The zero-order valence-electron chi connectivity index (χ0n) is 13.3. The molecule has 2 rings (SSSR count). The smallest absolute Gasteiger partial charge is 0.311 e. The van der Waals surface area contributed by atoms with Gasteiger partial charge in [0.25, 0.3) is 0 Å². The Balaban J connectivity index is 2.26. The Labute approximate surface area is 129 Å². The number of ether oxygens (including phenoxy) is 1. The van der Waals surface area contributed by atoms with E-state index in [1.165, 1.54) is 13.2 Å². The van der Waals surface area contributed by atoms with Crippen LogP contribution >= 0.6 is 0 Å². The number of hydrogen-bond acceptors (Lipinski definition) is 5. The van der Waals surface area contributed by atoms with Crippen molar-refractivity contribution >= 4 is 17.3 Å². The molecule has 120 valence electrons. The summed E-state index contributed by atoms with van der Waals surface area (Å²) in [7, 11) is 1.42. The third-order valence-electron chi connectivity index (χ3n) is 4.01. The number of piperazine rings is 1. The van der Waals surface area contributed by atoms with Crippen LogP contribution in [0.5, 0.6) is 5.75 Å². The molecule has 1 fully saturated rings. The maximum atomic E-state index is 11.7. The van der Waals surface area contributed by atoms with Gasteiger partial charge in [-0.3, -0.25) is 14.9 Å². The van der Waals surface area contributed by atoms with Gasteiger partial charge in [-0.25, -0.2) is 0 Å². The Bertz CT molecular complexity index is 578. The van der Waals surface area contributed by atoms with Gasteiger partial charge in [0, 0.05) is 49.9 Å². The van der Waals surface area contributed by atoms with E-state index in [0.717, 1.165) is 5.69 Å². The molecule has 7 heteroatoms. The maximum absolute atomic E-state index is 11.7. The van der Waals surface area contributed by atoms with Crippen LogP contribution in [0.2, 0.25) is 0 Å². The largest absolute Gasteiger partial charge is 0.490 e. The number of amides is 1. The molecule has 1 saturated heterocycles. The minimum atomic E-state index is -0.457. The second-order valence-electron chi connectivity index (χ2n) is 5.64.